The molecule has 0 fully saturated rings. The van der Waals surface area contributed by atoms with Crippen molar-refractivity contribution in [2.24, 2.45) is 5.92 Å². The number of rotatable bonds is 10. The summed E-state index contributed by atoms with van der Waals surface area (Å²) in [7, 11) is 3.19. The normalized spacial score (nSPS) is 13.2. The van der Waals surface area contributed by atoms with Crippen LogP contribution in [0.1, 0.15) is 18.9 Å². The Hall–Kier alpha value is -3.50. The third-order valence-electron chi connectivity index (χ3n) is 4.32. The fraction of sp³-hybridized carbons (Fsp3) is 0.450. The molecule has 0 aliphatic carbocycles. The molecule has 0 radical (unpaired) electrons. The molecule has 11 heteroatoms. The summed E-state index contributed by atoms with van der Waals surface area (Å²) in [4.78, 5) is 60.6. The Morgan fingerprint density at radius 3 is 1.97 bits per heavy atom. The minimum absolute atomic E-state index is 0.0283. The molecule has 0 aromatic heterocycles. The second kappa shape index (κ2) is 12.3. The van der Waals surface area contributed by atoms with Gasteiger partial charge >= 0.3 is 17.9 Å². The molecule has 170 valence electrons. The van der Waals surface area contributed by atoms with Gasteiger partial charge in [-0.3, -0.25) is 19.2 Å². The van der Waals surface area contributed by atoms with Crippen molar-refractivity contribution in [2.75, 3.05) is 21.3 Å². The van der Waals surface area contributed by atoms with E-state index in [-0.39, 0.29) is 6.42 Å². The number of methoxy groups -OCH3 is 3. The molecule has 0 unspecified atom stereocenters. The van der Waals surface area contributed by atoms with E-state index in [4.69, 9.17) is 0 Å². The lowest BCUT2D eigenvalue weighted by molar-refractivity contribution is -0.159. The number of halogens is 1. The first-order valence-electron chi connectivity index (χ1n) is 9.17. The van der Waals surface area contributed by atoms with Crippen LogP contribution in [0.25, 0.3) is 0 Å². The van der Waals surface area contributed by atoms with E-state index in [2.05, 4.69) is 24.8 Å². The molecule has 0 saturated carbocycles. The summed E-state index contributed by atoms with van der Waals surface area (Å²) in [6, 6.07) is 2.51. The molecule has 2 N–H and O–H groups in total. The van der Waals surface area contributed by atoms with Gasteiger partial charge in [0.1, 0.15) is 17.9 Å². The first-order valence-corrected chi connectivity index (χ1v) is 9.17. The number of carbonyl (C=O) groups excluding carboxylic acids is 5. The second-order valence-electron chi connectivity index (χ2n) is 6.50. The smallest absolute Gasteiger partial charge is 0.329 e. The molecule has 0 aliphatic rings. The highest BCUT2D eigenvalue weighted by molar-refractivity contribution is 5.94. The molecule has 2 amide bonds. The van der Waals surface area contributed by atoms with Crippen molar-refractivity contribution in [2.45, 2.75) is 31.8 Å². The van der Waals surface area contributed by atoms with Crippen LogP contribution < -0.4 is 10.6 Å². The van der Waals surface area contributed by atoms with E-state index >= 15 is 0 Å². The van der Waals surface area contributed by atoms with Gasteiger partial charge in [-0.25, -0.2) is 9.18 Å². The van der Waals surface area contributed by atoms with Crippen molar-refractivity contribution >= 4 is 29.7 Å². The molecule has 31 heavy (non-hydrogen) atoms. The molecule has 0 heterocycles. The number of esters is 3. The highest BCUT2D eigenvalue weighted by atomic mass is 19.1. The van der Waals surface area contributed by atoms with Crippen LogP contribution in [0.5, 0.6) is 0 Å². The lowest BCUT2D eigenvalue weighted by atomic mass is 9.95. The maximum Gasteiger partial charge on any atom is 0.329 e. The summed E-state index contributed by atoms with van der Waals surface area (Å²) < 4.78 is 27.0. The summed E-state index contributed by atoms with van der Waals surface area (Å²) in [6.45, 7) is 1.19. The summed E-state index contributed by atoms with van der Waals surface area (Å²) in [5, 5.41) is 4.77. The Morgan fingerprint density at radius 2 is 1.48 bits per heavy atom. The second-order valence-corrected chi connectivity index (χ2v) is 6.50. The largest absolute Gasteiger partial charge is 0.469 e. The van der Waals surface area contributed by atoms with Crippen molar-refractivity contribution in [1.82, 2.24) is 10.6 Å². The number of nitrogens with one attached hydrogen (secondary N) is 2. The molecular weight excluding hydrogens is 415 g/mol. The van der Waals surface area contributed by atoms with Crippen LogP contribution in [0.4, 0.5) is 4.39 Å². The van der Waals surface area contributed by atoms with Crippen LogP contribution in [0, 0.1) is 11.7 Å². The number of hydrogen-bond donors (Lipinski definition) is 2. The van der Waals surface area contributed by atoms with Crippen molar-refractivity contribution < 1.29 is 42.6 Å². The van der Waals surface area contributed by atoms with E-state index in [0.717, 1.165) is 21.3 Å². The van der Waals surface area contributed by atoms with Crippen LogP contribution in [0.15, 0.2) is 24.3 Å². The number of carbonyl (C=O) groups is 5. The van der Waals surface area contributed by atoms with E-state index in [1.807, 2.05) is 0 Å². The Labute approximate surface area is 178 Å². The third-order valence-corrected chi connectivity index (χ3v) is 4.32. The zero-order chi connectivity index (χ0) is 23.6. The first kappa shape index (κ1) is 25.5. The SMILES string of the molecule is COC(=O)C[C@H](C(=O)OC)[C@@H](NC(=O)[C@@H](Cc1ccc(F)cc1)NC(C)=O)C(=O)OC. The number of benzene rings is 1. The van der Waals surface area contributed by atoms with E-state index in [9.17, 15) is 28.4 Å². The van der Waals surface area contributed by atoms with Gasteiger partial charge in [-0.1, -0.05) is 12.1 Å². The summed E-state index contributed by atoms with van der Waals surface area (Å²) in [6.07, 6.45) is -0.592. The fourth-order valence-corrected chi connectivity index (χ4v) is 2.77. The van der Waals surface area contributed by atoms with Crippen LogP contribution in [0.3, 0.4) is 0 Å². The zero-order valence-corrected chi connectivity index (χ0v) is 17.6. The fourth-order valence-electron chi connectivity index (χ4n) is 2.77. The predicted octanol–water partition coefficient (Wildman–Crippen LogP) is -0.117. The van der Waals surface area contributed by atoms with Crippen LogP contribution >= 0.6 is 0 Å². The van der Waals surface area contributed by atoms with Gasteiger partial charge in [0.05, 0.1) is 33.7 Å². The van der Waals surface area contributed by atoms with Gasteiger partial charge in [0.15, 0.2) is 0 Å². The Kier molecular flexibility index (Phi) is 10.1. The average molecular weight is 440 g/mol. The molecule has 0 aliphatic heterocycles. The minimum Gasteiger partial charge on any atom is -0.469 e. The highest BCUT2D eigenvalue weighted by Gasteiger charge is 2.39. The van der Waals surface area contributed by atoms with E-state index in [0.29, 0.717) is 5.56 Å². The van der Waals surface area contributed by atoms with E-state index in [1.54, 1.807) is 0 Å². The summed E-state index contributed by atoms with van der Waals surface area (Å²) >= 11 is 0. The standard InChI is InChI=1S/C20H25FN2O8/c1-11(24)22-15(9-12-5-7-13(21)8-6-12)18(26)23-17(20(28)31-4)14(19(27)30-3)10-16(25)29-2/h5-8,14-15,17H,9-10H2,1-4H3,(H,22,24)(H,23,26)/t14-,15+,17+/m0/s1. The van der Waals surface area contributed by atoms with Gasteiger partial charge in [-0.2, -0.15) is 0 Å². The minimum atomic E-state index is -1.59. The Morgan fingerprint density at radius 1 is 0.903 bits per heavy atom. The average Bonchev–Trinajstić information content (AvgIpc) is 2.75. The Bertz CT molecular complexity index is 812. The highest BCUT2D eigenvalue weighted by Crippen LogP contribution is 2.15. The third kappa shape index (κ3) is 8.03. The number of amides is 2. The van der Waals surface area contributed by atoms with Gasteiger partial charge in [-0.15, -0.1) is 0 Å². The summed E-state index contributed by atoms with van der Waals surface area (Å²) in [5.41, 5.74) is 0.531. The Balaban J connectivity index is 3.17. The van der Waals surface area contributed by atoms with Crippen molar-refractivity contribution in [3.8, 4) is 0 Å². The number of ether oxygens (including phenoxy) is 3. The molecule has 1 aromatic carbocycles. The van der Waals surface area contributed by atoms with Crippen molar-refractivity contribution in [1.29, 1.82) is 0 Å². The maximum atomic E-state index is 13.1. The van der Waals surface area contributed by atoms with Crippen molar-refractivity contribution in [3.63, 3.8) is 0 Å². The van der Waals surface area contributed by atoms with E-state index in [1.165, 1.54) is 31.2 Å². The van der Waals surface area contributed by atoms with Crippen LogP contribution in [-0.2, 0) is 44.6 Å². The first-order chi connectivity index (χ1) is 14.6. The molecular formula is C20H25FN2O8. The maximum absolute atomic E-state index is 13.1. The molecule has 0 bridgehead atoms. The monoisotopic (exact) mass is 440 g/mol. The molecule has 3 atom stereocenters. The van der Waals surface area contributed by atoms with Gasteiger partial charge < -0.3 is 24.8 Å². The summed E-state index contributed by atoms with van der Waals surface area (Å²) in [5.74, 6) is -6.03. The topological polar surface area (TPSA) is 137 Å². The van der Waals surface area contributed by atoms with Crippen molar-refractivity contribution in [3.05, 3.63) is 35.6 Å². The number of hydrogen-bond acceptors (Lipinski definition) is 8. The molecule has 1 aromatic rings. The van der Waals surface area contributed by atoms with Gasteiger partial charge in [0.25, 0.3) is 0 Å². The van der Waals surface area contributed by atoms with Gasteiger partial charge in [0, 0.05) is 13.3 Å². The zero-order valence-electron chi connectivity index (χ0n) is 17.6. The lowest BCUT2D eigenvalue weighted by Crippen LogP contribution is -2.56. The lowest BCUT2D eigenvalue weighted by Gasteiger charge is -2.26. The quantitative estimate of drug-likeness (QED) is 0.380. The molecule has 0 saturated heterocycles. The molecule has 0 spiro atoms. The molecule has 10 nitrogen and oxygen atoms in total. The van der Waals surface area contributed by atoms with E-state index < -0.39 is 60.0 Å². The van der Waals surface area contributed by atoms with Crippen LogP contribution in [0.2, 0.25) is 0 Å². The van der Waals surface area contributed by atoms with Crippen LogP contribution in [-0.4, -0.2) is 63.1 Å². The van der Waals surface area contributed by atoms with Gasteiger partial charge in [-0.05, 0) is 17.7 Å². The predicted molar refractivity (Wildman–Crippen MR) is 104 cm³/mol. The molecule has 1 rings (SSSR count). The van der Waals surface area contributed by atoms with Gasteiger partial charge in [0.2, 0.25) is 11.8 Å².